The summed E-state index contributed by atoms with van der Waals surface area (Å²) in [5.41, 5.74) is -0.102. The molecule has 0 spiro atoms. The lowest BCUT2D eigenvalue weighted by Gasteiger charge is -2.37. The minimum atomic E-state index is -0.676. The van der Waals surface area contributed by atoms with E-state index in [0.717, 1.165) is 5.69 Å². The van der Waals surface area contributed by atoms with E-state index in [1.165, 1.54) is 6.07 Å². The predicted octanol–water partition coefficient (Wildman–Crippen LogP) is 5.31. The lowest BCUT2D eigenvalue weighted by atomic mass is 9.76. The lowest BCUT2D eigenvalue weighted by molar-refractivity contribution is 0.0148. The Bertz CT molecular complexity index is 1080. The lowest BCUT2D eigenvalue weighted by Crippen LogP contribution is -2.45. The highest BCUT2D eigenvalue weighted by Crippen LogP contribution is 2.35. The van der Waals surface area contributed by atoms with Crippen LogP contribution in [0.15, 0.2) is 18.2 Å². The van der Waals surface area contributed by atoms with Crippen molar-refractivity contribution in [2.45, 2.75) is 78.9 Å². The average Bonchev–Trinajstić information content (AvgIpc) is 3.10. The summed E-state index contributed by atoms with van der Waals surface area (Å²) in [5, 5.41) is 17.6. The van der Waals surface area contributed by atoms with Gasteiger partial charge < -0.3 is 15.0 Å². The minimum Gasteiger partial charge on any atom is -0.444 e. The van der Waals surface area contributed by atoms with Crippen molar-refractivity contribution in [3.05, 3.63) is 35.4 Å². The van der Waals surface area contributed by atoms with Crippen LogP contribution in [0.1, 0.15) is 65.8 Å². The van der Waals surface area contributed by atoms with E-state index < -0.39 is 16.8 Å². The van der Waals surface area contributed by atoms with E-state index in [1.807, 2.05) is 54.5 Å². The van der Waals surface area contributed by atoms with Gasteiger partial charge in [0.05, 0.1) is 22.7 Å². The maximum absolute atomic E-state index is 14.6. The molecule has 2 aromatic heterocycles. The number of halogens is 1. The van der Waals surface area contributed by atoms with Crippen molar-refractivity contribution in [2.24, 2.45) is 5.41 Å². The number of carbonyl (C=O) groups excluding carboxylic acids is 1. The fourth-order valence-electron chi connectivity index (χ4n) is 4.01. The Morgan fingerprint density at radius 3 is 2.44 bits per heavy atom. The number of aryl methyl sites for hydroxylation is 1. The van der Waals surface area contributed by atoms with Gasteiger partial charge in [0.25, 0.3) is 0 Å². The third kappa shape index (κ3) is 6.04. The fourth-order valence-corrected chi connectivity index (χ4v) is 4.01. The Morgan fingerprint density at radius 2 is 1.88 bits per heavy atom. The highest BCUT2D eigenvalue weighted by Gasteiger charge is 2.38. The Balaban J connectivity index is 1.75. The van der Waals surface area contributed by atoms with Crippen molar-refractivity contribution >= 4 is 17.7 Å². The van der Waals surface area contributed by atoms with Crippen molar-refractivity contribution in [3.63, 3.8) is 0 Å². The molecule has 8 nitrogen and oxygen atoms in total. The number of rotatable bonds is 4. The number of nitrogens with one attached hydrogen (secondary N) is 1. The highest BCUT2D eigenvalue weighted by molar-refractivity contribution is 5.68. The molecule has 184 valence electrons. The van der Waals surface area contributed by atoms with Crippen molar-refractivity contribution in [1.82, 2.24) is 19.7 Å². The molecule has 1 aliphatic rings. The summed E-state index contributed by atoms with van der Waals surface area (Å²) in [6.45, 7) is 14.3. The van der Waals surface area contributed by atoms with Crippen LogP contribution < -0.4 is 5.32 Å². The van der Waals surface area contributed by atoms with Crippen molar-refractivity contribution < 1.29 is 13.9 Å². The first-order valence-electron chi connectivity index (χ1n) is 11.6. The van der Waals surface area contributed by atoms with E-state index in [-0.39, 0.29) is 17.5 Å². The summed E-state index contributed by atoms with van der Waals surface area (Å²) in [4.78, 5) is 18.5. The second-order valence-corrected chi connectivity index (χ2v) is 11.0. The molecule has 0 radical (unpaired) electrons. The summed E-state index contributed by atoms with van der Waals surface area (Å²) in [5.74, 6) is 0.269. The average molecular weight is 471 g/mol. The molecule has 1 amide bonds. The number of ether oxygens (including phenoxy) is 1. The van der Waals surface area contributed by atoms with Gasteiger partial charge in [-0.2, -0.15) is 10.4 Å². The number of carbonyl (C=O) groups is 1. The first kappa shape index (κ1) is 25.5. The molecule has 9 heteroatoms. The van der Waals surface area contributed by atoms with Crippen LogP contribution in [-0.4, -0.2) is 44.4 Å². The summed E-state index contributed by atoms with van der Waals surface area (Å²) < 4.78 is 21.9. The standard InChI is InChI=1S/C25H35FN6O2/c1-17-14-20(32(30-17)23(2,3)4)29-21-19(26)9-8-18(28-21)15-25(16-27)10-12-31(13-11-25)22(33)34-24(5,6)7/h8-9,14H,10-13,15H2,1-7H3,(H,28,29). The zero-order chi connectivity index (χ0) is 25.3. The van der Waals surface area contributed by atoms with Gasteiger partial charge in [0.15, 0.2) is 11.6 Å². The van der Waals surface area contributed by atoms with E-state index >= 15 is 0 Å². The number of anilines is 2. The van der Waals surface area contributed by atoms with E-state index in [2.05, 4.69) is 21.5 Å². The molecule has 3 heterocycles. The number of pyridine rings is 1. The molecule has 3 rings (SSSR count). The van der Waals surface area contributed by atoms with Crippen LogP contribution in [0, 0.1) is 29.5 Å². The topological polar surface area (TPSA) is 96.1 Å². The van der Waals surface area contributed by atoms with Gasteiger partial charge in [-0.15, -0.1) is 0 Å². The van der Waals surface area contributed by atoms with Crippen LogP contribution in [-0.2, 0) is 16.7 Å². The van der Waals surface area contributed by atoms with E-state index in [0.29, 0.717) is 43.9 Å². The molecule has 34 heavy (non-hydrogen) atoms. The Kier molecular flexibility index (Phi) is 6.92. The normalized spacial score (nSPS) is 16.1. The zero-order valence-corrected chi connectivity index (χ0v) is 21.2. The van der Waals surface area contributed by atoms with Gasteiger partial charge in [-0.3, -0.25) is 0 Å². The number of hydrogen-bond donors (Lipinski definition) is 1. The number of likely N-dealkylation sites (tertiary alicyclic amines) is 1. The number of hydrogen-bond acceptors (Lipinski definition) is 6. The zero-order valence-electron chi connectivity index (χ0n) is 21.2. The van der Waals surface area contributed by atoms with Crippen LogP contribution in [0.4, 0.5) is 20.8 Å². The second kappa shape index (κ2) is 9.24. The number of nitrogens with zero attached hydrogens (tertiary/aromatic N) is 5. The summed E-state index contributed by atoms with van der Waals surface area (Å²) in [6.07, 6.45) is 1.01. The number of nitriles is 1. The number of amides is 1. The molecular weight excluding hydrogens is 435 g/mol. The number of aromatic nitrogens is 3. The molecular formula is C25H35FN6O2. The van der Waals surface area contributed by atoms with Gasteiger partial charge in [-0.05, 0) is 73.4 Å². The Morgan fingerprint density at radius 1 is 1.24 bits per heavy atom. The van der Waals surface area contributed by atoms with Gasteiger partial charge >= 0.3 is 6.09 Å². The molecule has 0 unspecified atom stereocenters. The van der Waals surface area contributed by atoms with Crippen LogP contribution in [0.3, 0.4) is 0 Å². The van der Waals surface area contributed by atoms with Crippen LogP contribution in [0.5, 0.6) is 0 Å². The molecule has 2 aromatic rings. The molecule has 0 bridgehead atoms. The Hall–Kier alpha value is -3.15. The summed E-state index contributed by atoms with van der Waals surface area (Å²) in [6, 6.07) is 7.28. The van der Waals surface area contributed by atoms with Gasteiger partial charge in [0.1, 0.15) is 11.4 Å². The molecule has 0 aliphatic carbocycles. The van der Waals surface area contributed by atoms with Crippen LogP contribution in [0.25, 0.3) is 0 Å². The van der Waals surface area contributed by atoms with Gasteiger partial charge in [-0.1, -0.05) is 0 Å². The van der Waals surface area contributed by atoms with Crippen molar-refractivity contribution in [3.8, 4) is 6.07 Å². The summed E-state index contributed by atoms with van der Waals surface area (Å²) in [7, 11) is 0. The molecule has 0 aromatic carbocycles. The van der Waals surface area contributed by atoms with Gasteiger partial charge in [0, 0.05) is 31.3 Å². The van der Waals surface area contributed by atoms with Crippen molar-refractivity contribution in [1.29, 1.82) is 5.26 Å². The fraction of sp³-hybridized carbons (Fsp3) is 0.600. The van der Waals surface area contributed by atoms with Gasteiger partial charge in [0.2, 0.25) is 0 Å². The third-order valence-electron chi connectivity index (χ3n) is 5.75. The molecule has 0 saturated carbocycles. The first-order valence-corrected chi connectivity index (χ1v) is 11.6. The minimum absolute atomic E-state index is 0.0992. The Labute approximate surface area is 201 Å². The highest BCUT2D eigenvalue weighted by atomic mass is 19.1. The molecule has 1 fully saturated rings. The second-order valence-electron chi connectivity index (χ2n) is 11.0. The molecule has 0 atom stereocenters. The van der Waals surface area contributed by atoms with E-state index in [9.17, 15) is 14.4 Å². The quantitative estimate of drug-likeness (QED) is 0.651. The monoisotopic (exact) mass is 470 g/mol. The van der Waals surface area contributed by atoms with Crippen molar-refractivity contribution in [2.75, 3.05) is 18.4 Å². The third-order valence-corrected chi connectivity index (χ3v) is 5.75. The van der Waals surface area contributed by atoms with E-state index in [1.54, 1.807) is 15.6 Å². The van der Waals surface area contributed by atoms with Crippen LogP contribution in [0.2, 0.25) is 0 Å². The largest absolute Gasteiger partial charge is 0.444 e. The molecule has 1 N–H and O–H groups in total. The maximum Gasteiger partial charge on any atom is 0.410 e. The SMILES string of the molecule is Cc1cc(Nc2nc(CC3(C#N)CCN(C(=O)OC(C)(C)C)CC3)ccc2F)n(C(C)(C)C)n1. The summed E-state index contributed by atoms with van der Waals surface area (Å²) >= 11 is 0. The van der Waals surface area contributed by atoms with E-state index in [4.69, 9.17) is 4.74 Å². The maximum atomic E-state index is 14.6. The molecule has 1 aliphatic heterocycles. The number of piperidine rings is 1. The van der Waals surface area contributed by atoms with Crippen LogP contribution >= 0.6 is 0 Å². The molecule has 1 saturated heterocycles. The smallest absolute Gasteiger partial charge is 0.410 e. The predicted molar refractivity (Wildman–Crippen MR) is 128 cm³/mol. The van der Waals surface area contributed by atoms with Gasteiger partial charge in [-0.25, -0.2) is 18.9 Å². The first-order chi connectivity index (χ1) is 15.7.